The van der Waals surface area contributed by atoms with Crippen molar-refractivity contribution in [1.82, 2.24) is 19.1 Å². The highest BCUT2D eigenvalue weighted by Crippen LogP contribution is 2.37. The van der Waals surface area contributed by atoms with Crippen molar-refractivity contribution in [2.24, 2.45) is 0 Å². The standard InChI is InChI=1S/C49H51N5O/c1-31-20-44-45(21-32(31)2)53(30-52(44)36-23-34(48(6,7)8)22-35(24-36)49(9,10)11)37-26-39(29-50-28-37)55-38-16-17-41-40-14-12-13-15-42(40)54(43(41)27-38)46-25-33(18-19-51-46)47(3,4)5/h12-29H,1-11H3. The molecule has 0 N–H and O–H groups in total. The summed E-state index contributed by atoms with van der Waals surface area (Å²) < 4.78 is 13.2. The highest BCUT2D eigenvalue weighted by Gasteiger charge is 2.23. The normalized spacial score (nSPS) is 12.6. The lowest BCUT2D eigenvalue weighted by molar-refractivity contribution is -0.572. The second-order valence-corrected chi connectivity index (χ2v) is 18.1. The Morgan fingerprint density at radius 1 is 0.600 bits per heavy atom. The van der Waals surface area contributed by atoms with Gasteiger partial charge in [-0.25, -0.2) is 4.98 Å². The number of nitrogens with zero attached hydrogens (tertiary/aromatic N) is 5. The number of para-hydroxylation sites is 1. The van der Waals surface area contributed by atoms with Crippen LogP contribution in [0.15, 0.2) is 110 Å². The number of aromatic nitrogens is 5. The zero-order chi connectivity index (χ0) is 39.0. The molecule has 4 heterocycles. The number of hydrogen-bond acceptors (Lipinski definition) is 3. The Bertz CT molecular complexity index is 2730. The minimum Gasteiger partial charge on any atom is -0.456 e. The first-order chi connectivity index (χ1) is 26.0. The monoisotopic (exact) mass is 725 g/mol. The first-order valence-corrected chi connectivity index (χ1v) is 19.2. The number of fused-ring (bicyclic) bond motifs is 4. The van der Waals surface area contributed by atoms with Crippen LogP contribution in [0.2, 0.25) is 0 Å². The second-order valence-electron chi connectivity index (χ2n) is 18.1. The molecule has 0 aliphatic carbocycles. The van der Waals surface area contributed by atoms with Crippen LogP contribution >= 0.6 is 0 Å². The van der Waals surface area contributed by atoms with E-state index in [1.807, 2.05) is 24.5 Å². The topological polar surface area (TPSA) is 48.8 Å². The molecule has 0 saturated carbocycles. The predicted octanol–water partition coefficient (Wildman–Crippen LogP) is 11.9. The second kappa shape index (κ2) is 12.9. The van der Waals surface area contributed by atoms with E-state index in [-0.39, 0.29) is 16.2 Å². The summed E-state index contributed by atoms with van der Waals surface area (Å²) in [6.45, 7) is 24.7. The van der Waals surface area contributed by atoms with E-state index >= 15 is 0 Å². The molecule has 6 nitrogen and oxygen atoms in total. The van der Waals surface area contributed by atoms with Gasteiger partial charge in [-0.15, -0.1) is 0 Å². The van der Waals surface area contributed by atoms with Crippen LogP contribution in [0.25, 0.3) is 50.0 Å². The molecule has 0 atom stereocenters. The highest BCUT2D eigenvalue weighted by molar-refractivity contribution is 6.09. The van der Waals surface area contributed by atoms with Crippen LogP contribution in [0.3, 0.4) is 0 Å². The molecule has 55 heavy (non-hydrogen) atoms. The van der Waals surface area contributed by atoms with E-state index in [2.05, 4.69) is 180 Å². The maximum Gasteiger partial charge on any atom is 0.269 e. The summed E-state index contributed by atoms with van der Waals surface area (Å²) >= 11 is 0. The van der Waals surface area contributed by atoms with Crippen LogP contribution in [0, 0.1) is 20.2 Å². The maximum absolute atomic E-state index is 6.64. The van der Waals surface area contributed by atoms with Gasteiger partial charge in [0.2, 0.25) is 0 Å². The Balaban J connectivity index is 1.23. The first-order valence-electron chi connectivity index (χ1n) is 19.2. The van der Waals surface area contributed by atoms with Gasteiger partial charge in [0.25, 0.3) is 6.33 Å². The van der Waals surface area contributed by atoms with Crippen LogP contribution in [-0.4, -0.2) is 19.1 Å². The maximum atomic E-state index is 6.64. The molecule has 278 valence electrons. The summed E-state index contributed by atoms with van der Waals surface area (Å²) in [5.41, 5.74) is 12.5. The van der Waals surface area contributed by atoms with Gasteiger partial charge < -0.3 is 4.74 Å². The van der Waals surface area contributed by atoms with E-state index in [9.17, 15) is 0 Å². The molecule has 0 aliphatic heterocycles. The SMILES string of the molecule is Cc1cc2c(cc1C)[n+](-c1cc(C(C)(C)C)cc(C(C)(C)C)c1)[c-]n2-c1cncc(Oc2ccc3c4ccccc4n(-c4cc(C(C)(C)C)ccn4)c3c2)c1. The lowest BCUT2D eigenvalue weighted by atomic mass is 9.80. The van der Waals surface area contributed by atoms with E-state index < -0.39 is 0 Å². The Morgan fingerprint density at radius 2 is 1.27 bits per heavy atom. The molecule has 4 aromatic heterocycles. The summed E-state index contributed by atoms with van der Waals surface area (Å²) in [6.07, 6.45) is 9.29. The molecule has 6 heteroatoms. The molecular weight excluding hydrogens is 675 g/mol. The van der Waals surface area contributed by atoms with Gasteiger partial charge >= 0.3 is 0 Å². The average Bonchev–Trinajstić information content (AvgIpc) is 3.66. The number of hydrogen-bond donors (Lipinski definition) is 0. The van der Waals surface area contributed by atoms with Crippen LogP contribution in [-0.2, 0) is 16.2 Å². The van der Waals surface area contributed by atoms with E-state index in [4.69, 9.17) is 9.72 Å². The molecule has 0 aliphatic rings. The lowest BCUT2D eigenvalue weighted by Crippen LogP contribution is -2.31. The summed E-state index contributed by atoms with van der Waals surface area (Å²) in [6, 6.07) is 32.6. The van der Waals surface area contributed by atoms with Crippen LogP contribution < -0.4 is 9.30 Å². The molecule has 0 unspecified atom stereocenters. The summed E-state index contributed by atoms with van der Waals surface area (Å²) in [7, 11) is 0. The van der Waals surface area contributed by atoms with Crippen molar-refractivity contribution >= 4 is 32.8 Å². The Kier molecular flexibility index (Phi) is 8.52. The zero-order valence-electron chi connectivity index (χ0n) is 34.0. The number of benzene rings is 4. The molecule has 0 spiro atoms. The highest BCUT2D eigenvalue weighted by atomic mass is 16.5. The van der Waals surface area contributed by atoms with Gasteiger partial charge in [-0.3, -0.25) is 18.7 Å². The Morgan fingerprint density at radius 3 is 1.98 bits per heavy atom. The lowest BCUT2D eigenvalue weighted by Gasteiger charge is -2.26. The molecule has 0 fully saturated rings. The number of ether oxygens (including phenoxy) is 1. The molecule has 8 aromatic rings. The van der Waals surface area contributed by atoms with Crippen molar-refractivity contribution in [1.29, 1.82) is 0 Å². The van der Waals surface area contributed by atoms with Gasteiger partial charge in [-0.1, -0.05) is 97.7 Å². The third-order valence-corrected chi connectivity index (χ3v) is 10.9. The van der Waals surface area contributed by atoms with Crippen molar-refractivity contribution < 1.29 is 9.30 Å². The fourth-order valence-corrected chi connectivity index (χ4v) is 7.34. The van der Waals surface area contributed by atoms with Crippen molar-refractivity contribution in [2.75, 3.05) is 0 Å². The minimum atomic E-state index is -0.0125. The molecule has 8 rings (SSSR count). The van der Waals surface area contributed by atoms with Gasteiger partial charge in [-0.2, -0.15) is 0 Å². The zero-order valence-corrected chi connectivity index (χ0v) is 34.0. The first kappa shape index (κ1) is 36.2. The molecular formula is C49H51N5O. The van der Waals surface area contributed by atoms with Crippen molar-refractivity contribution in [3.63, 3.8) is 0 Å². The van der Waals surface area contributed by atoms with Gasteiger partial charge in [-0.05, 0) is 107 Å². The quantitative estimate of drug-likeness (QED) is 0.131. The van der Waals surface area contributed by atoms with Crippen LogP contribution in [0.4, 0.5) is 0 Å². The predicted molar refractivity (Wildman–Crippen MR) is 226 cm³/mol. The summed E-state index contributed by atoms with van der Waals surface area (Å²) in [5.74, 6) is 2.25. The third-order valence-electron chi connectivity index (χ3n) is 10.9. The van der Waals surface area contributed by atoms with Crippen molar-refractivity contribution in [3.05, 3.63) is 144 Å². The number of pyridine rings is 2. The summed E-state index contributed by atoms with van der Waals surface area (Å²) in [4.78, 5) is 9.54. The summed E-state index contributed by atoms with van der Waals surface area (Å²) in [5, 5.41) is 2.32. The van der Waals surface area contributed by atoms with E-state index in [1.54, 1.807) is 6.20 Å². The third kappa shape index (κ3) is 6.69. The largest absolute Gasteiger partial charge is 0.456 e. The number of imidazole rings is 1. The van der Waals surface area contributed by atoms with E-state index in [1.165, 1.54) is 33.2 Å². The van der Waals surface area contributed by atoms with Gasteiger partial charge in [0.15, 0.2) is 0 Å². The number of aryl methyl sites for hydroxylation is 2. The minimum absolute atomic E-state index is 0.00611. The Labute approximate surface area is 325 Å². The van der Waals surface area contributed by atoms with Crippen molar-refractivity contribution in [2.45, 2.75) is 92.4 Å². The smallest absolute Gasteiger partial charge is 0.269 e. The molecule has 0 amide bonds. The fraction of sp³-hybridized carbons (Fsp3) is 0.286. The molecule has 0 radical (unpaired) electrons. The Hall–Kier alpha value is -5.75. The number of rotatable bonds is 5. The van der Waals surface area contributed by atoms with Crippen LogP contribution in [0.5, 0.6) is 11.5 Å². The molecule has 0 bridgehead atoms. The van der Waals surface area contributed by atoms with E-state index in [0.29, 0.717) is 5.75 Å². The molecule has 0 saturated heterocycles. The molecule has 4 aromatic carbocycles. The van der Waals surface area contributed by atoms with E-state index in [0.717, 1.165) is 50.4 Å². The average molecular weight is 726 g/mol. The fourth-order valence-electron chi connectivity index (χ4n) is 7.34. The van der Waals surface area contributed by atoms with Gasteiger partial charge in [0.1, 0.15) is 17.3 Å². The van der Waals surface area contributed by atoms with Crippen LogP contribution in [0.1, 0.15) is 90.1 Å². The van der Waals surface area contributed by atoms with Gasteiger partial charge in [0, 0.05) is 29.2 Å². The van der Waals surface area contributed by atoms with Crippen molar-refractivity contribution in [3.8, 4) is 28.7 Å². The van der Waals surface area contributed by atoms with Gasteiger partial charge in [0.05, 0.1) is 39.6 Å².